The molecule has 9 nitrogen and oxygen atoms in total. The molecule has 1 unspecified atom stereocenters. The molecule has 0 radical (unpaired) electrons. The Hall–Kier alpha value is -3.80. The number of aryl methyl sites for hydroxylation is 2. The van der Waals surface area contributed by atoms with E-state index in [4.69, 9.17) is 4.42 Å². The molecule has 2 fully saturated rings. The molecule has 190 valence electrons. The number of alkyl halides is 2. The lowest BCUT2D eigenvalue weighted by molar-refractivity contribution is 0.0107. The number of aromatic nitrogens is 5. The van der Waals surface area contributed by atoms with E-state index in [1.807, 2.05) is 11.8 Å². The van der Waals surface area contributed by atoms with Gasteiger partial charge in [-0.1, -0.05) is 12.1 Å². The summed E-state index contributed by atoms with van der Waals surface area (Å²) in [6, 6.07) is 6.21. The van der Waals surface area contributed by atoms with Crippen LogP contribution in [0.25, 0.3) is 0 Å². The first-order valence-electron chi connectivity index (χ1n) is 11.8. The van der Waals surface area contributed by atoms with Crippen LogP contribution >= 0.6 is 11.3 Å². The van der Waals surface area contributed by atoms with Crippen molar-refractivity contribution in [1.82, 2.24) is 30.0 Å². The number of rotatable bonds is 5. The van der Waals surface area contributed by atoms with Crippen molar-refractivity contribution in [1.29, 1.82) is 0 Å². The number of hydrogen-bond acceptors (Lipinski definition) is 9. The minimum Gasteiger partial charge on any atom is -0.419 e. The van der Waals surface area contributed by atoms with Crippen LogP contribution in [0.4, 0.5) is 14.7 Å². The molecule has 1 aromatic carbocycles. The van der Waals surface area contributed by atoms with E-state index in [1.54, 1.807) is 41.9 Å². The Morgan fingerprint density at radius 2 is 1.92 bits per heavy atom. The Morgan fingerprint density at radius 3 is 2.62 bits per heavy atom. The summed E-state index contributed by atoms with van der Waals surface area (Å²) in [6.45, 7) is 5.39. The summed E-state index contributed by atoms with van der Waals surface area (Å²) in [7, 11) is 0. The Kier molecular flexibility index (Phi) is 5.51. The highest BCUT2D eigenvalue weighted by atomic mass is 32.1. The topological polar surface area (TPSA) is 101 Å². The maximum atomic E-state index is 15.4. The van der Waals surface area contributed by atoms with E-state index in [-0.39, 0.29) is 23.9 Å². The highest BCUT2D eigenvalue weighted by molar-refractivity contribution is 7.11. The molecule has 5 heterocycles. The zero-order valence-corrected chi connectivity index (χ0v) is 21.0. The molecule has 1 amide bonds. The Balaban J connectivity index is 1.31. The van der Waals surface area contributed by atoms with Gasteiger partial charge in [-0.25, -0.2) is 9.97 Å². The number of benzene rings is 1. The van der Waals surface area contributed by atoms with Crippen molar-refractivity contribution in [3.05, 3.63) is 81.7 Å². The Labute approximate surface area is 215 Å². The van der Waals surface area contributed by atoms with E-state index < -0.39 is 23.1 Å². The summed E-state index contributed by atoms with van der Waals surface area (Å²) in [5.41, 5.74) is 2.61. The summed E-state index contributed by atoms with van der Waals surface area (Å²) >= 11 is 1.26. The average Bonchev–Trinajstić information content (AvgIpc) is 3.64. The maximum Gasteiger partial charge on any atom is 0.349 e. The molecule has 37 heavy (non-hydrogen) atoms. The van der Waals surface area contributed by atoms with Gasteiger partial charge in [-0.05, 0) is 37.1 Å². The fraction of sp³-hybridized carbons (Fsp3) is 0.360. The normalized spacial score (nSPS) is 18.9. The van der Waals surface area contributed by atoms with Crippen LogP contribution < -0.4 is 4.90 Å². The number of carbonyl (C=O) groups excluding carboxylic acids is 1. The van der Waals surface area contributed by atoms with Crippen molar-refractivity contribution < 1.29 is 18.0 Å². The summed E-state index contributed by atoms with van der Waals surface area (Å²) in [4.78, 5) is 30.0. The molecular formula is C25H23F2N7O2S. The van der Waals surface area contributed by atoms with Gasteiger partial charge < -0.3 is 14.2 Å². The van der Waals surface area contributed by atoms with Gasteiger partial charge >= 0.3 is 5.92 Å². The van der Waals surface area contributed by atoms with E-state index in [9.17, 15) is 4.79 Å². The predicted molar refractivity (Wildman–Crippen MR) is 131 cm³/mol. The number of hydrogen-bond donors (Lipinski definition) is 0. The molecule has 0 saturated carbocycles. The second-order valence-corrected chi connectivity index (χ2v) is 10.6. The van der Waals surface area contributed by atoms with Crippen molar-refractivity contribution in [2.45, 2.75) is 25.7 Å². The third-order valence-electron chi connectivity index (χ3n) is 7.30. The predicted octanol–water partition coefficient (Wildman–Crippen LogP) is 3.82. The van der Waals surface area contributed by atoms with Crippen LogP contribution in [0.1, 0.15) is 44.1 Å². The molecule has 12 heteroatoms. The molecule has 0 N–H and O–H groups in total. The summed E-state index contributed by atoms with van der Waals surface area (Å²) in [6.07, 6.45) is 4.86. The molecule has 2 aliphatic rings. The quantitative estimate of drug-likeness (QED) is 0.389. The monoisotopic (exact) mass is 523 g/mol. The second-order valence-electron chi connectivity index (χ2n) is 9.69. The summed E-state index contributed by atoms with van der Waals surface area (Å²) in [5, 5.41) is 7.83. The molecule has 0 bridgehead atoms. The van der Waals surface area contributed by atoms with Crippen molar-refractivity contribution in [3.63, 3.8) is 0 Å². The first-order chi connectivity index (χ1) is 17.8. The van der Waals surface area contributed by atoms with Crippen LogP contribution in [0.2, 0.25) is 0 Å². The van der Waals surface area contributed by atoms with Crippen molar-refractivity contribution in [2.24, 2.45) is 5.41 Å². The lowest BCUT2D eigenvalue weighted by Crippen LogP contribution is -2.60. The lowest BCUT2D eigenvalue weighted by Gasteiger charge is -2.49. The van der Waals surface area contributed by atoms with Gasteiger partial charge in [0.2, 0.25) is 11.8 Å². The third-order valence-corrected chi connectivity index (χ3v) is 8.06. The molecule has 6 rings (SSSR count). The zero-order chi connectivity index (χ0) is 25.8. The molecule has 4 aromatic rings. The van der Waals surface area contributed by atoms with Gasteiger partial charge in [-0.2, -0.15) is 8.78 Å². The van der Waals surface area contributed by atoms with Crippen LogP contribution in [0.15, 0.2) is 52.8 Å². The standard InChI is InChI=1S/C25H23F2N7O2S/c1-15-4-5-17(8-16(15)2)25(26,27)22-32-31-20(36-22)18-10-33(21(35)19-9-28-14-37-19)11-24(18)12-34(13-24)23-29-6-3-7-30-23/h3-9,14,18H,10-13H2,1-2H3. The highest BCUT2D eigenvalue weighted by Gasteiger charge is 2.58. The fourth-order valence-electron chi connectivity index (χ4n) is 5.13. The van der Waals surface area contributed by atoms with Crippen LogP contribution in [0.5, 0.6) is 0 Å². The van der Waals surface area contributed by atoms with Crippen LogP contribution in [-0.2, 0) is 5.92 Å². The van der Waals surface area contributed by atoms with E-state index >= 15 is 8.78 Å². The van der Waals surface area contributed by atoms with E-state index in [0.717, 1.165) is 11.1 Å². The summed E-state index contributed by atoms with van der Waals surface area (Å²) in [5.74, 6) is -4.09. The van der Waals surface area contributed by atoms with E-state index in [2.05, 4.69) is 25.1 Å². The average molecular weight is 524 g/mol. The Bertz CT molecular complexity index is 1440. The Morgan fingerprint density at radius 1 is 1.14 bits per heavy atom. The maximum absolute atomic E-state index is 15.4. The van der Waals surface area contributed by atoms with Crippen LogP contribution in [-0.4, -0.2) is 62.1 Å². The molecular weight excluding hydrogens is 500 g/mol. The van der Waals surface area contributed by atoms with Crippen molar-refractivity contribution in [2.75, 3.05) is 31.1 Å². The first kappa shape index (κ1) is 23.6. The molecule has 3 aromatic heterocycles. The molecule has 2 saturated heterocycles. The first-order valence-corrected chi connectivity index (χ1v) is 12.6. The van der Waals surface area contributed by atoms with Crippen molar-refractivity contribution >= 4 is 23.2 Å². The third kappa shape index (κ3) is 3.95. The van der Waals surface area contributed by atoms with E-state index in [1.165, 1.54) is 29.7 Å². The minimum atomic E-state index is -3.45. The van der Waals surface area contributed by atoms with Gasteiger partial charge in [0, 0.05) is 49.6 Å². The number of thiazole rings is 1. The minimum absolute atomic E-state index is 0.103. The van der Waals surface area contributed by atoms with Gasteiger partial charge in [0.25, 0.3) is 11.8 Å². The number of amides is 1. The molecule has 1 spiro atoms. The van der Waals surface area contributed by atoms with E-state index in [0.29, 0.717) is 30.5 Å². The smallest absolute Gasteiger partial charge is 0.349 e. The van der Waals surface area contributed by atoms with Gasteiger partial charge in [0.15, 0.2) is 0 Å². The fourth-order valence-corrected chi connectivity index (χ4v) is 5.72. The summed E-state index contributed by atoms with van der Waals surface area (Å²) < 4.78 is 36.4. The number of halogens is 2. The number of carbonyl (C=O) groups is 1. The zero-order valence-electron chi connectivity index (χ0n) is 20.1. The van der Waals surface area contributed by atoms with Crippen LogP contribution in [0, 0.1) is 19.3 Å². The largest absolute Gasteiger partial charge is 0.419 e. The molecule has 2 aliphatic heterocycles. The van der Waals surface area contributed by atoms with Gasteiger partial charge in [-0.3, -0.25) is 9.78 Å². The van der Waals surface area contributed by atoms with Crippen LogP contribution in [0.3, 0.4) is 0 Å². The lowest BCUT2D eigenvalue weighted by atomic mass is 9.71. The van der Waals surface area contributed by atoms with Gasteiger partial charge in [0.05, 0.1) is 17.6 Å². The molecule has 1 atom stereocenters. The number of anilines is 1. The van der Waals surface area contributed by atoms with Crippen molar-refractivity contribution in [3.8, 4) is 0 Å². The van der Waals surface area contributed by atoms with Gasteiger partial charge in [-0.15, -0.1) is 21.5 Å². The second kappa shape index (κ2) is 8.65. The SMILES string of the molecule is Cc1ccc(C(F)(F)c2nnc(C3CN(C(=O)c4cncs4)CC34CN(c3ncccn3)C4)o2)cc1C. The number of nitrogens with zero attached hydrogens (tertiary/aromatic N) is 7. The molecule has 0 aliphatic carbocycles. The number of likely N-dealkylation sites (tertiary alicyclic amines) is 1. The highest BCUT2D eigenvalue weighted by Crippen LogP contribution is 2.50. The van der Waals surface area contributed by atoms with Gasteiger partial charge in [0.1, 0.15) is 4.88 Å².